The van der Waals surface area contributed by atoms with Crippen LogP contribution in [0.15, 0.2) is 0 Å². The molecule has 0 radical (unpaired) electrons. The van der Waals surface area contributed by atoms with E-state index in [-0.39, 0.29) is 0 Å². The highest BCUT2D eigenvalue weighted by Gasteiger charge is 2.56. The molecule has 0 saturated carbocycles. The molecule has 6 aliphatic rings. The molecule has 0 aliphatic carbocycles. The lowest BCUT2D eigenvalue weighted by molar-refractivity contribution is -0.386. The number of ether oxygens (including phenoxy) is 11. The van der Waals surface area contributed by atoms with Crippen molar-refractivity contribution in [2.45, 2.75) is 184 Å². The zero-order chi connectivity index (χ0) is 50.2. The van der Waals surface area contributed by atoms with Gasteiger partial charge in [-0.2, -0.15) is 0 Å². The van der Waals surface area contributed by atoms with Gasteiger partial charge in [-0.25, -0.2) is 4.79 Å². The third-order valence-corrected chi connectivity index (χ3v) is 12.4. The maximum absolute atomic E-state index is 11.8. The first kappa shape index (κ1) is 55.6. The van der Waals surface area contributed by atoms with Gasteiger partial charge in [-0.3, -0.25) is 0 Å². The van der Waals surface area contributed by atoms with Crippen molar-refractivity contribution in [2.75, 3.05) is 33.0 Å². The molecular weight excluding hydrogens is 944 g/mol. The summed E-state index contributed by atoms with van der Waals surface area (Å²) in [4.78, 5) is 11.8. The van der Waals surface area contributed by atoms with E-state index >= 15 is 0 Å². The highest BCUT2D eigenvalue weighted by atomic mass is 16.8. The second kappa shape index (κ2) is 23.4. The largest absolute Gasteiger partial charge is 0.479 e. The molecule has 20 N–H and O–H groups in total. The molecular formula is C36H60O32. The summed E-state index contributed by atoms with van der Waals surface area (Å²) in [6, 6.07) is 0. The van der Waals surface area contributed by atoms with E-state index in [0.29, 0.717) is 0 Å². The maximum atomic E-state index is 11.8. The highest BCUT2D eigenvalue weighted by Crippen LogP contribution is 2.35. The van der Waals surface area contributed by atoms with Gasteiger partial charge >= 0.3 is 5.97 Å². The van der Waals surface area contributed by atoms with E-state index in [0.717, 1.165) is 0 Å². The van der Waals surface area contributed by atoms with Crippen LogP contribution in [0, 0.1) is 0 Å². The number of aliphatic carboxylic acids is 1. The Morgan fingerprint density at radius 2 is 0.662 bits per heavy atom. The molecule has 6 fully saturated rings. The molecule has 30 atom stereocenters. The summed E-state index contributed by atoms with van der Waals surface area (Å²) < 4.78 is 59.9. The Labute approximate surface area is 382 Å². The number of carboxylic acids is 1. The van der Waals surface area contributed by atoms with Crippen LogP contribution in [-0.2, 0) is 56.9 Å². The lowest BCUT2D eigenvalue weighted by atomic mass is 9.95. The zero-order valence-corrected chi connectivity index (χ0v) is 35.2. The van der Waals surface area contributed by atoms with Crippen LogP contribution in [0.1, 0.15) is 0 Å². The number of carbonyl (C=O) groups is 1. The van der Waals surface area contributed by atoms with Gasteiger partial charge in [-0.15, -0.1) is 0 Å². The highest BCUT2D eigenvalue weighted by molar-refractivity contribution is 5.73. The van der Waals surface area contributed by atoms with Crippen molar-refractivity contribution in [3.63, 3.8) is 0 Å². The lowest BCUT2D eigenvalue weighted by Crippen LogP contribution is -2.67. The normalized spacial score (nSPS) is 52.7. The van der Waals surface area contributed by atoms with Crippen molar-refractivity contribution in [3.8, 4) is 0 Å². The predicted molar refractivity (Wildman–Crippen MR) is 200 cm³/mol. The fourth-order valence-electron chi connectivity index (χ4n) is 8.27. The van der Waals surface area contributed by atoms with E-state index in [1.807, 2.05) is 0 Å². The predicted octanol–water partition coefficient (Wildman–Crippen LogP) is -14.0. The smallest absolute Gasteiger partial charge is 0.335 e. The quantitative estimate of drug-likeness (QED) is 0.0683. The van der Waals surface area contributed by atoms with Crippen molar-refractivity contribution in [3.05, 3.63) is 0 Å². The van der Waals surface area contributed by atoms with E-state index in [4.69, 9.17) is 52.1 Å². The van der Waals surface area contributed by atoms with Crippen molar-refractivity contribution >= 4 is 5.97 Å². The summed E-state index contributed by atoms with van der Waals surface area (Å²) >= 11 is 0. The monoisotopic (exact) mass is 1000 g/mol. The average molecular weight is 1000 g/mol. The van der Waals surface area contributed by atoms with Crippen LogP contribution in [0.4, 0.5) is 0 Å². The topological polar surface area (TPSA) is 523 Å². The van der Waals surface area contributed by atoms with Crippen molar-refractivity contribution in [2.24, 2.45) is 0 Å². The molecule has 0 aromatic carbocycles. The molecule has 0 aromatic heterocycles. The summed E-state index contributed by atoms with van der Waals surface area (Å²) in [7, 11) is 0. The summed E-state index contributed by atoms with van der Waals surface area (Å²) in [5, 5.41) is 209. The van der Waals surface area contributed by atoms with Crippen LogP contribution in [0.3, 0.4) is 0 Å². The fourth-order valence-corrected chi connectivity index (χ4v) is 8.27. The van der Waals surface area contributed by atoms with E-state index in [9.17, 15) is 107 Å². The van der Waals surface area contributed by atoms with Gasteiger partial charge in [0.05, 0.1) is 33.0 Å². The maximum Gasteiger partial charge on any atom is 0.335 e. The first-order valence-electron chi connectivity index (χ1n) is 21.1. The number of hydrogen-bond donors (Lipinski definition) is 20. The molecule has 0 spiro atoms. The molecule has 396 valence electrons. The molecule has 1 unspecified atom stereocenters. The van der Waals surface area contributed by atoms with Crippen molar-refractivity contribution in [1.82, 2.24) is 0 Å². The Balaban J connectivity index is 1.20. The average Bonchev–Trinajstić information content (AvgIpc) is 3.31. The number of carboxylic acid groups (broad SMARTS) is 1. The summed E-state index contributed by atoms with van der Waals surface area (Å²) in [5.74, 6) is -1.84. The summed E-state index contributed by atoms with van der Waals surface area (Å²) in [6.45, 7) is -4.60. The SMILES string of the molecule is O=C(O)[C@H]1O[C@@H](O[C@H]2[C@@H](O)[C@@H](CO[C@@H]3O[C@H](CO)[C@@H](O)[C@H](O)[C@H]3O)O[C@@H](O[C@H]3[C@@H](O)[C@@H](CO)O[C@H](OC[C@H]4O[C@@H](O[C@H]5[C@@H](O)[C@@H](CO)OC(O)[C@@H]5O)[C@H](O)[C@@H](O)[C@H]4O)[C@@H]3O)[C@@H]2O)[C@H](O)[C@@H](O)[C@@H]1O. The molecule has 0 aromatic rings. The Kier molecular flexibility index (Phi) is 19.2. The molecule has 32 heteroatoms. The van der Waals surface area contributed by atoms with E-state index in [1.165, 1.54) is 0 Å². The van der Waals surface area contributed by atoms with Crippen LogP contribution in [0.25, 0.3) is 0 Å². The number of aliphatic hydroxyl groups is 19. The first-order chi connectivity index (χ1) is 32.1. The van der Waals surface area contributed by atoms with Crippen LogP contribution in [0.5, 0.6) is 0 Å². The molecule has 6 heterocycles. The zero-order valence-electron chi connectivity index (χ0n) is 35.2. The number of aliphatic hydroxyl groups excluding tert-OH is 19. The third kappa shape index (κ3) is 11.4. The molecule has 6 rings (SSSR count). The third-order valence-electron chi connectivity index (χ3n) is 12.4. The van der Waals surface area contributed by atoms with Gasteiger partial charge in [0.25, 0.3) is 0 Å². The second-order valence-electron chi connectivity index (χ2n) is 16.9. The number of rotatable bonds is 16. The molecule has 6 aliphatic heterocycles. The van der Waals surface area contributed by atoms with Gasteiger partial charge in [0, 0.05) is 0 Å². The fraction of sp³-hybridized carbons (Fsp3) is 0.972. The summed E-state index contributed by atoms with van der Waals surface area (Å²) in [6.07, 6.45) is -60.1. The van der Waals surface area contributed by atoms with Crippen LogP contribution in [0.2, 0.25) is 0 Å². The van der Waals surface area contributed by atoms with E-state index in [1.54, 1.807) is 0 Å². The van der Waals surface area contributed by atoms with Crippen LogP contribution >= 0.6 is 0 Å². The Hall–Kier alpha value is -1.73. The minimum absolute atomic E-state index is 0.858. The molecule has 68 heavy (non-hydrogen) atoms. The molecule has 6 saturated heterocycles. The van der Waals surface area contributed by atoms with Gasteiger partial charge in [-0.05, 0) is 0 Å². The number of hydrogen-bond acceptors (Lipinski definition) is 31. The first-order valence-corrected chi connectivity index (χ1v) is 21.1. The van der Waals surface area contributed by atoms with Gasteiger partial charge in [0.2, 0.25) is 0 Å². The van der Waals surface area contributed by atoms with Gasteiger partial charge in [0.15, 0.2) is 43.8 Å². The van der Waals surface area contributed by atoms with Crippen LogP contribution in [-0.4, -0.2) is 325 Å². The second-order valence-corrected chi connectivity index (χ2v) is 16.9. The minimum atomic E-state index is -2.33. The van der Waals surface area contributed by atoms with E-state index in [2.05, 4.69) is 0 Å². The van der Waals surface area contributed by atoms with E-state index < -0.39 is 223 Å². The van der Waals surface area contributed by atoms with Gasteiger partial charge < -0.3 is 154 Å². The van der Waals surface area contributed by atoms with Crippen molar-refractivity contribution in [1.29, 1.82) is 0 Å². The Bertz CT molecular complexity index is 1590. The molecule has 0 amide bonds. The van der Waals surface area contributed by atoms with Gasteiger partial charge in [0.1, 0.15) is 140 Å². The van der Waals surface area contributed by atoms with Gasteiger partial charge in [-0.1, -0.05) is 0 Å². The van der Waals surface area contributed by atoms with Crippen LogP contribution < -0.4 is 0 Å². The lowest BCUT2D eigenvalue weighted by Gasteiger charge is -2.48. The minimum Gasteiger partial charge on any atom is -0.479 e. The molecule has 0 bridgehead atoms. The molecule has 32 nitrogen and oxygen atoms in total. The van der Waals surface area contributed by atoms with Crippen molar-refractivity contribution < 1.29 is 159 Å². The Morgan fingerprint density at radius 3 is 1.15 bits per heavy atom. The standard InChI is InChI=1S/C36H60O32/c37-1-6-11(40)16(45)20(49)32(61-6)58-5-10-15(44)28(66-35-22(51)18(47)19(48)29(68-35)30(55)56)25(54)36(64-10)67-27-14(43)8(3-39)62-33(24(27)53)59-4-9-12(41)17(46)21(50)34(63-9)65-26-13(42)7(2-38)60-31(57)23(26)52/h6-29,31-54,57H,1-5H2,(H,55,56)/t6-,7-,8-,9-,10-,11-,12+,13+,14+,15+,16+,17+,18+,19+,20-,21-,22-,23-,24-,25-,26+,27+,28+,29+,31?,32-,33+,34+,35-,36+/m1/s1. The summed E-state index contributed by atoms with van der Waals surface area (Å²) in [5.41, 5.74) is 0. The Morgan fingerprint density at radius 1 is 0.338 bits per heavy atom.